The quantitative estimate of drug-likeness (QED) is 0.799. The normalized spacial score (nSPS) is 25.1. The van der Waals surface area contributed by atoms with Gasteiger partial charge in [-0.25, -0.2) is 0 Å². The molecule has 2 aliphatic rings. The van der Waals surface area contributed by atoms with Crippen molar-refractivity contribution in [1.29, 1.82) is 0 Å². The number of piperidine rings is 1. The van der Waals surface area contributed by atoms with Crippen LogP contribution < -0.4 is 15.8 Å². The van der Waals surface area contributed by atoms with Crippen molar-refractivity contribution in [1.82, 2.24) is 10.2 Å². The Morgan fingerprint density at radius 1 is 1.32 bits per heavy atom. The first kappa shape index (κ1) is 18.3. The lowest BCUT2D eigenvalue weighted by Gasteiger charge is -2.46. The lowest BCUT2D eigenvalue weighted by Crippen LogP contribution is -2.56. The molecule has 5 nitrogen and oxygen atoms in total. The van der Waals surface area contributed by atoms with Crippen LogP contribution in [-0.2, 0) is 0 Å². The molecule has 1 aliphatic carbocycles. The lowest BCUT2D eigenvalue weighted by atomic mass is 9.78. The first-order chi connectivity index (χ1) is 12.0. The molecular weight excluding hydrogens is 338 g/mol. The summed E-state index contributed by atoms with van der Waals surface area (Å²) in [5.41, 5.74) is 6.63. The van der Waals surface area contributed by atoms with Crippen molar-refractivity contribution in [2.75, 3.05) is 19.4 Å². The Balaban J connectivity index is 1.73. The Hall–Kier alpha value is -1.46. The number of hydrogen-bond acceptors (Lipinski definition) is 4. The van der Waals surface area contributed by atoms with E-state index < -0.39 is 0 Å². The van der Waals surface area contributed by atoms with E-state index in [2.05, 4.69) is 17.1 Å². The van der Waals surface area contributed by atoms with Gasteiger partial charge in [0.2, 0.25) is 0 Å². The second kappa shape index (κ2) is 7.83. The molecule has 1 saturated heterocycles. The number of benzene rings is 1. The summed E-state index contributed by atoms with van der Waals surface area (Å²) < 4.78 is 5.30. The van der Waals surface area contributed by atoms with E-state index in [9.17, 15) is 4.79 Å². The van der Waals surface area contributed by atoms with Crippen molar-refractivity contribution >= 4 is 23.2 Å². The van der Waals surface area contributed by atoms with Crippen molar-refractivity contribution in [2.24, 2.45) is 5.92 Å². The van der Waals surface area contributed by atoms with Crippen LogP contribution in [0.4, 0.5) is 5.69 Å². The molecular formula is C19H28ClN3O2. The number of fused-ring (bicyclic) bond motifs is 1. The minimum absolute atomic E-state index is 0.0144. The number of likely N-dealkylation sites (tertiary alicyclic amines) is 1. The van der Waals surface area contributed by atoms with Crippen LogP contribution in [0.25, 0.3) is 0 Å². The van der Waals surface area contributed by atoms with Gasteiger partial charge >= 0.3 is 0 Å². The standard InChI is InChI=1S/C19H28ClN3O2/c1-12(23-9-5-7-13-6-3-4-8-17(13)23)22-19(24)14-10-15(20)16(21)11-18(14)25-2/h10-13,17H,3-9,21H2,1-2H3,(H,22,24)/t12?,13-,17+/m1/s1. The van der Waals surface area contributed by atoms with E-state index in [1.165, 1.54) is 45.6 Å². The molecule has 2 fully saturated rings. The molecule has 0 bridgehead atoms. The fraction of sp³-hybridized carbons (Fsp3) is 0.632. The van der Waals surface area contributed by atoms with Crippen molar-refractivity contribution in [3.8, 4) is 5.75 Å². The van der Waals surface area contributed by atoms with Crippen molar-refractivity contribution < 1.29 is 9.53 Å². The number of nitrogens with zero attached hydrogens (tertiary/aromatic N) is 1. The second-order valence-corrected chi connectivity index (χ2v) is 7.62. The van der Waals surface area contributed by atoms with Crippen molar-refractivity contribution in [2.45, 2.75) is 57.7 Å². The van der Waals surface area contributed by atoms with Gasteiger partial charge in [0.1, 0.15) is 5.75 Å². The fourth-order valence-electron chi connectivity index (χ4n) is 4.41. The van der Waals surface area contributed by atoms with Gasteiger partial charge in [0.05, 0.1) is 29.5 Å². The fourth-order valence-corrected chi connectivity index (χ4v) is 4.57. The zero-order valence-corrected chi connectivity index (χ0v) is 15.8. The number of methoxy groups -OCH3 is 1. The number of ether oxygens (including phenoxy) is 1. The van der Waals surface area contributed by atoms with E-state index in [4.69, 9.17) is 22.1 Å². The van der Waals surface area contributed by atoms with Crippen LogP contribution in [0.3, 0.4) is 0 Å². The minimum Gasteiger partial charge on any atom is -0.496 e. The van der Waals surface area contributed by atoms with E-state index in [0.717, 1.165) is 12.5 Å². The highest BCUT2D eigenvalue weighted by molar-refractivity contribution is 6.33. The number of nitrogens with one attached hydrogen (secondary N) is 1. The maximum atomic E-state index is 12.8. The number of nitrogens with two attached hydrogens (primary N) is 1. The second-order valence-electron chi connectivity index (χ2n) is 7.22. The molecule has 1 unspecified atom stereocenters. The molecule has 6 heteroatoms. The number of rotatable bonds is 4. The van der Waals surface area contributed by atoms with E-state index >= 15 is 0 Å². The Morgan fingerprint density at radius 3 is 2.80 bits per heavy atom. The zero-order valence-electron chi connectivity index (χ0n) is 15.1. The number of anilines is 1. The number of halogens is 1. The molecule has 1 aliphatic heterocycles. The minimum atomic E-state index is -0.177. The molecule has 0 radical (unpaired) electrons. The van der Waals surface area contributed by atoms with Gasteiger partial charge in [-0.05, 0) is 44.6 Å². The van der Waals surface area contributed by atoms with Gasteiger partial charge in [0.15, 0.2) is 0 Å². The molecule has 25 heavy (non-hydrogen) atoms. The molecule has 3 N–H and O–H groups in total. The summed E-state index contributed by atoms with van der Waals surface area (Å²) in [5.74, 6) is 1.05. The van der Waals surface area contributed by atoms with Gasteiger partial charge in [0, 0.05) is 18.7 Å². The molecule has 1 heterocycles. The van der Waals surface area contributed by atoms with Gasteiger partial charge in [-0.15, -0.1) is 0 Å². The Kier molecular flexibility index (Phi) is 5.74. The predicted octanol–water partition coefficient (Wildman–Crippen LogP) is 3.66. The summed E-state index contributed by atoms with van der Waals surface area (Å²) in [6.07, 6.45) is 7.71. The summed E-state index contributed by atoms with van der Waals surface area (Å²) >= 11 is 6.09. The largest absolute Gasteiger partial charge is 0.496 e. The third-order valence-corrected chi connectivity index (χ3v) is 6.01. The number of carbonyl (C=O) groups excluding carboxylic acids is 1. The van der Waals surface area contributed by atoms with Crippen LogP contribution in [0, 0.1) is 5.92 Å². The summed E-state index contributed by atoms with van der Waals surface area (Å²) in [5, 5.41) is 3.49. The highest BCUT2D eigenvalue weighted by Gasteiger charge is 2.35. The molecule has 1 aromatic rings. The molecule has 3 atom stereocenters. The summed E-state index contributed by atoms with van der Waals surface area (Å²) in [6.45, 7) is 3.11. The molecule has 1 aromatic carbocycles. The molecule has 3 rings (SSSR count). The Labute approximate surface area is 154 Å². The van der Waals surface area contributed by atoms with Gasteiger partial charge in [-0.1, -0.05) is 24.4 Å². The van der Waals surface area contributed by atoms with Crippen LogP contribution >= 0.6 is 11.6 Å². The van der Waals surface area contributed by atoms with E-state index in [0.29, 0.717) is 28.1 Å². The monoisotopic (exact) mass is 365 g/mol. The number of carbonyl (C=O) groups is 1. The molecule has 138 valence electrons. The summed E-state index contributed by atoms with van der Waals surface area (Å²) in [6, 6.07) is 3.77. The maximum Gasteiger partial charge on any atom is 0.256 e. The van der Waals surface area contributed by atoms with Gasteiger partial charge in [0.25, 0.3) is 5.91 Å². The van der Waals surface area contributed by atoms with Gasteiger partial charge in [-0.3, -0.25) is 9.69 Å². The highest BCUT2D eigenvalue weighted by atomic mass is 35.5. The number of amides is 1. The Bertz CT molecular complexity index is 635. The first-order valence-corrected chi connectivity index (χ1v) is 9.58. The van der Waals surface area contributed by atoms with Gasteiger partial charge < -0.3 is 15.8 Å². The van der Waals surface area contributed by atoms with Crippen LogP contribution in [0.5, 0.6) is 5.75 Å². The third-order valence-electron chi connectivity index (χ3n) is 5.69. The number of hydrogen-bond donors (Lipinski definition) is 2. The Morgan fingerprint density at radius 2 is 2.04 bits per heavy atom. The van der Waals surface area contributed by atoms with E-state index in [1.54, 1.807) is 12.1 Å². The van der Waals surface area contributed by atoms with Crippen molar-refractivity contribution in [3.05, 3.63) is 22.7 Å². The first-order valence-electron chi connectivity index (χ1n) is 9.21. The average Bonchev–Trinajstić information content (AvgIpc) is 2.62. The average molecular weight is 366 g/mol. The van der Waals surface area contributed by atoms with E-state index in [-0.39, 0.29) is 12.1 Å². The van der Waals surface area contributed by atoms with Crippen LogP contribution in [0.15, 0.2) is 12.1 Å². The molecule has 1 saturated carbocycles. The number of nitrogen functional groups attached to an aromatic ring is 1. The van der Waals surface area contributed by atoms with Gasteiger partial charge in [-0.2, -0.15) is 0 Å². The topological polar surface area (TPSA) is 67.6 Å². The maximum absolute atomic E-state index is 12.8. The predicted molar refractivity (Wildman–Crippen MR) is 101 cm³/mol. The lowest BCUT2D eigenvalue weighted by molar-refractivity contribution is 0.0200. The molecule has 1 amide bonds. The van der Waals surface area contributed by atoms with Crippen molar-refractivity contribution in [3.63, 3.8) is 0 Å². The zero-order chi connectivity index (χ0) is 18.0. The smallest absolute Gasteiger partial charge is 0.256 e. The molecule has 0 aromatic heterocycles. The summed E-state index contributed by atoms with van der Waals surface area (Å²) in [7, 11) is 1.53. The van der Waals surface area contributed by atoms with Crippen LogP contribution in [0.2, 0.25) is 5.02 Å². The van der Waals surface area contributed by atoms with Crippen LogP contribution in [-0.4, -0.2) is 36.7 Å². The SMILES string of the molecule is COc1cc(N)c(Cl)cc1C(=O)NC(C)N1CCC[C@H]2CCCC[C@@H]21. The highest BCUT2D eigenvalue weighted by Crippen LogP contribution is 2.36. The molecule has 0 spiro atoms. The summed E-state index contributed by atoms with van der Waals surface area (Å²) in [4.78, 5) is 15.3. The van der Waals surface area contributed by atoms with E-state index in [1.807, 2.05) is 0 Å². The third kappa shape index (κ3) is 3.87. The van der Waals surface area contributed by atoms with Crippen LogP contribution in [0.1, 0.15) is 55.8 Å².